The maximum atomic E-state index is 14.1. The molecule has 3 amide bonds. The molecule has 8 rings (SSSR count). The van der Waals surface area contributed by atoms with Crippen LogP contribution in [-0.4, -0.2) is 79.5 Å². The second kappa shape index (κ2) is 12.0. The quantitative estimate of drug-likeness (QED) is 0.355. The number of carbonyl (C=O) groups is 3. The number of hydrogen-bond acceptors (Lipinski definition) is 10. The summed E-state index contributed by atoms with van der Waals surface area (Å²) in [5.41, 5.74) is 1.52. The van der Waals surface area contributed by atoms with Gasteiger partial charge in [-0.15, -0.1) is 11.8 Å². The summed E-state index contributed by atoms with van der Waals surface area (Å²) >= 11 is 2.87. The van der Waals surface area contributed by atoms with Crippen molar-refractivity contribution in [2.24, 2.45) is 29.6 Å². The van der Waals surface area contributed by atoms with Gasteiger partial charge in [-0.25, -0.2) is 0 Å². The number of morpholine rings is 1. The third-order valence-corrected chi connectivity index (χ3v) is 13.0. The highest BCUT2D eigenvalue weighted by molar-refractivity contribution is 8.00. The molecular formula is C34H35N3O8S2. The van der Waals surface area contributed by atoms with Crippen molar-refractivity contribution in [2.75, 3.05) is 51.5 Å². The second-order valence-electron chi connectivity index (χ2n) is 12.6. The lowest BCUT2D eigenvalue weighted by Gasteiger charge is -2.43. The normalized spacial score (nSPS) is 29.0. The molecule has 4 fully saturated rings. The summed E-state index contributed by atoms with van der Waals surface area (Å²) in [4.78, 5) is 60.5. The van der Waals surface area contributed by atoms with Crippen LogP contribution in [0.2, 0.25) is 0 Å². The van der Waals surface area contributed by atoms with Crippen molar-refractivity contribution in [1.82, 2.24) is 9.88 Å². The largest absolute Gasteiger partial charge is 0.497 e. The average Bonchev–Trinajstić information content (AvgIpc) is 3.83. The minimum atomic E-state index is -0.406. The Morgan fingerprint density at radius 3 is 2.45 bits per heavy atom. The van der Waals surface area contributed by atoms with Crippen LogP contribution in [0.15, 0.2) is 52.3 Å². The highest BCUT2D eigenvalue weighted by Crippen LogP contribution is 2.68. The highest BCUT2D eigenvalue weighted by atomic mass is 32.2. The standard InChI is InChI=1S/C34H35N3O8S2/c1-3-44-23-14-17(4-9-22(23)45-16-24(38)36-10-12-43-13-11-36)25-26-20-15-21(29(26)46-31-30(25)47-34(41)35-31)28-27(20)32(39)37(33(28)40)18-5-7-19(42-2)8-6-18/h4-9,14,20-21,25-29H,3,10-13,15-16H2,1-2H3,(H,35,41)/t20-,21-,25+,26-,27+,28+,29-/m1/s1. The minimum absolute atomic E-state index is 0.0129. The molecule has 2 saturated carbocycles. The van der Waals surface area contributed by atoms with Crippen LogP contribution in [0.1, 0.15) is 29.7 Å². The number of aromatic nitrogens is 1. The van der Waals surface area contributed by atoms with Gasteiger partial charge in [-0.2, -0.15) is 0 Å². The molecule has 0 radical (unpaired) electrons. The summed E-state index contributed by atoms with van der Waals surface area (Å²) in [6.07, 6.45) is 0.796. The van der Waals surface area contributed by atoms with Gasteiger partial charge < -0.3 is 28.8 Å². The van der Waals surface area contributed by atoms with E-state index in [4.69, 9.17) is 18.9 Å². The molecule has 4 heterocycles. The Kier molecular flexibility index (Phi) is 7.80. The Hall–Kier alpha value is -3.81. The fourth-order valence-electron chi connectivity index (χ4n) is 8.52. The van der Waals surface area contributed by atoms with Crippen LogP contribution < -0.4 is 24.0 Å². The van der Waals surface area contributed by atoms with E-state index in [0.717, 1.165) is 21.9 Å². The van der Waals surface area contributed by atoms with E-state index in [2.05, 4.69) is 4.98 Å². The molecule has 11 nitrogen and oxygen atoms in total. The van der Waals surface area contributed by atoms with E-state index in [1.165, 1.54) is 16.2 Å². The fraction of sp³-hybridized carbons (Fsp3) is 0.471. The number of carbonyl (C=O) groups excluding carboxylic acids is 3. The van der Waals surface area contributed by atoms with E-state index < -0.39 is 5.92 Å². The molecule has 5 aliphatic rings. The molecule has 2 bridgehead atoms. The molecule has 2 aliphatic carbocycles. The van der Waals surface area contributed by atoms with Crippen LogP contribution in [-0.2, 0) is 19.1 Å². The van der Waals surface area contributed by atoms with Crippen LogP contribution in [0.25, 0.3) is 0 Å². The number of nitrogens with one attached hydrogen (secondary N) is 1. The third-order valence-electron chi connectivity index (χ3n) is 10.4. The zero-order valence-electron chi connectivity index (χ0n) is 26.0. The van der Waals surface area contributed by atoms with Crippen molar-refractivity contribution in [3.63, 3.8) is 0 Å². The van der Waals surface area contributed by atoms with Crippen LogP contribution in [0, 0.1) is 29.6 Å². The number of ether oxygens (including phenoxy) is 4. The average molecular weight is 678 g/mol. The van der Waals surface area contributed by atoms with Gasteiger partial charge in [-0.3, -0.25) is 24.1 Å². The number of methoxy groups -OCH3 is 1. The first-order chi connectivity index (χ1) is 22.9. The fourth-order valence-corrected chi connectivity index (χ4v) is 11.4. The Morgan fingerprint density at radius 2 is 1.72 bits per heavy atom. The maximum Gasteiger partial charge on any atom is 0.305 e. The summed E-state index contributed by atoms with van der Waals surface area (Å²) in [5, 5.41) is 0.905. The Bertz CT molecular complexity index is 1780. The number of benzene rings is 2. The highest BCUT2D eigenvalue weighted by Gasteiger charge is 2.69. The molecule has 47 heavy (non-hydrogen) atoms. The minimum Gasteiger partial charge on any atom is -0.497 e. The number of H-pyrrole nitrogens is 1. The zero-order valence-corrected chi connectivity index (χ0v) is 27.6. The van der Waals surface area contributed by atoms with Crippen molar-refractivity contribution >= 4 is 46.5 Å². The number of thiazole rings is 1. The summed E-state index contributed by atoms with van der Waals surface area (Å²) in [6.45, 7) is 4.30. The van der Waals surface area contributed by atoms with E-state index >= 15 is 0 Å². The topological polar surface area (TPSA) is 127 Å². The molecular weight excluding hydrogens is 643 g/mol. The Morgan fingerprint density at radius 1 is 0.979 bits per heavy atom. The first-order valence-electron chi connectivity index (χ1n) is 16.0. The molecule has 1 N–H and O–H groups in total. The maximum absolute atomic E-state index is 14.1. The van der Waals surface area contributed by atoms with Crippen LogP contribution in [0.3, 0.4) is 0 Å². The number of nitrogens with zero attached hydrogens (tertiary/aromatic N) is 2. The molecule has 2 aromatic carbocycles. The zero-order chi connectivity index (χ0) is 32.4. The summed E-state index contributed by atoms with van der Waals surface area (Å²) in [6, 6.07) is 12.8. The lowest BCUT2D eigenvalue weighted by molar-refractivity contribution is -0.137. The van der Waals surface area contributed by atoms with Crippen LogP contribution in [0.4, 0.5) is 5.69 Å². The third kappa shape index (κ3) is 4.96. The van der Waals surface area contributed by atoms with E-state index in [0.29, 0.717) is 55.8 Å². The van der Waals surface area contributed by atoms with Crippen LogP contribution in [0.5, 0.6) is 17.2 Å². The van der Waals surface area contributed by atoms with E-state index in [1.54, 1.807) is 48.0 Å². The predicted octanol–water partition coefficient (Wildman–Crippen LogP) is 3.76. The Balaban J connectivity index is 1.11. The molecule has 0 spiro atoms. The van der Waals surface area contributed by atoms with Crippen LogP contribution >= 0.6 is 23.1 Å². The predicted molar refractivity (Wildman–Crippen MR) is 174 cm³/mol. The van der Waals surface area contributed by atoms with Gasteiger partial charge in [0.05, 0.1) is 49.5 Å². The molecule has 246 valence electrons. The SMILES string of the molecule is CCOc1cc([C@@H]2c3sc(=O)[nH]c3S[C@@H]3[C@@H]4C[C@@H]([C@@H]5C(=O)N(c6ccc(OC)cc6)C(=O)[C@@H]45)[C@H]23)ccc1OCC(=O)N1CCOCC1. The van der Waals surface area contributed by atoms with Crippen molar-refractivity contribution in [3.8, 4) is 17.2 Å². The number of imide groups is 1. The number of anilines is 1. The van der Waals surface area contributed by atoms with E-state index in [1.807, 2.05) is 25.1 Å². The number of aromatic amines is 1. The van der Waals surface area contributed by atoms with E-state index in [9.17, 15) is 19.2 Å². The first-order valence-corrected chi connectivity index (χ1v) is 17.7. The second-order valence-corrected chi connectivity index (χ2v) is 14.8. The summed E-state index contributed by atoms with van der Waals surface area (Å²) in [5.74, 6) is 0.356. The van der Waals surface area contributed by atoms with Crippen molar-refractivity contribution < 1.29 is 33.3 Å². The lowest BCUT2D eigenvalue weighted by Crippen LogP contribution is -2.43. The van der Waals surface area contributed by atoms with Gasteiger partial charge >= 0.3 is 4.87 Å². The molecule has 3 aromatic rings. The van der Waals surface area contributed by atoms with Gasteiger partial charge in [0.25, 0.3) is 5.91 Å². The lowest BCUT2D eigenvalue weighted by atomic mass is 9.68. The number of hydrogen-bond donors (Lipinski definition) is 1. The first kappa shape index (κ1) is 30.5. The summed E-state index contributed by atoms with van der Waals surface area (Å²) < 4.78 is 22.7. The number of fused-ring (bicyclic) bond motifs is 9. The molecule has 13 heteroatoms. The van der Waals surface area contributed by atoms with E-state index in [-0.39, 0.29) is 64.0 Å². The van der Waals surface area contributed by atoms with Gasteiger partial charge in [-0.05, 0) is 73.1 Å². The van der Waals surface area contributed by atoms with Gasteiger partial charge in [0.2, 0.25) is 11.8 Å². The van der Waals surface area contributed by atoms with Crippen molar-refractivity contribution in [3.05, 3.63) is 62.6 Å². The summed E-state index contributed by atoms with van der Waals surface area (Å²) in [7, 11) is 1.58. The van der Waals surface area contributed by atoms with Gasteiger partial charge in [-0.1, -0.05) is 17.4 Å². The smallest absolute Gasteiger partial charge is 0.305 e. The number of rotatable bonds is 8. The number of thioether (sulfide) groups is 1. The van der Waals surface area contributed by atoms with Crippen molar-refractivity contribution in [1.29, 1.82) is 0 Å². The molecule has 2 saturated heterocycles. The Labute approximate surface area is 279 Å². The van der Waals surface area contributed by atoms with Gasteiger partial charge in [0.15, 0.2) is 18.1 Å². The van der Waals surface area contributed by atoms with Gasteiger partial charge in [0, 0.05) is 29.1 Å². The van der Waals surface area contributed by atoms with Crippen molar-refractivity contribution in [2.45, 2.75) is 29.5 Å². The number of amides is 3. The molecule has 7 atom stereocenters. The molecule has 1 aromatic heterocycles. The monoisotopic (exact) mass is 677 g/mol. The molecule has 0 unspecified atom stereocenters. The van der Waals surface area contributed by atoms with Gasteiger partial charge in [0.1, 0.15) is 5.75 Å². The molecule has 3 aliphatic heterocycles.